The van der Waals surface area contributed by atoms with Gasteiger partial charge in [-0.3, -0.25) is 0 Å². The summed E-state index contributed by atoms with van der Waals surface area (Å²) < 4.78 is 0. The van der Waals surface area contributed by atoms with Gasteiger partial charge in [-0.2, -0.15) is 0 Å². The van der Waals surface area contributed by atoms with Crippen molar-refractivity contribution in [2.24, 2.45) is 40.4 Å². The van der Waals surface area contributed by atoms with Crippen LogP contribution >= 0.6 is 0 Å². The second-order valence-corrected chi connectivity index (χ2v) is 9.81. The summed E-state index contributed by atoms with van der Waals surface area (Å²) in [6.07, 6.45) is 13.7. The van der Waals surface area contributed by atoms with Gasteiger partial charge in [0.05, 0.1) is 6.10 Å². The first-order valence-electron chi connectivity index (χ1n) is 10.2. The lowest BCUT2D eigenvalue weighted by atomic mass is 9.44. The van der Waals surface area contributed by atoms with Crippen LogP contribution in [0.1, 0.15) is 85.0 Å². The van der Waals surface area contributed by atoms with Crippen LogP contribution in [0.5, 0.6) is 0 Å². The predicted octanol–water partition coefficient (Wildman–Crippen LogP) is 5.42. The Kier molecular flexibility index (Phi) is 3.68. The number of hydrogen-bond acceptors (Lipinski definition) is 1. The monoisotopic (exact) mass is 304 g/mol. The minimum Gasteiger partial charge on any atom is -0.393 e. The molecule has 0 aromatic carbocycles. The maximum atomic E-state index is 10.1. The molecule has 0 spiro atoms. The minimum atomic E-state index is -0.000524. The number of rotatable bonds is 1. The third-order valence-corrected chi connectivity index (χ3v) is 9.33. The number of aliphatic hydroxyl groups is 1. The summed E-state index contributed by atoms with van der Waals surface area (Å²) in [6, 6.07) is 0. The Labute approximate surface area is 137 Å². The van der Waals surface area contributed by atoms with Crippen molar-refractivity contribution in [1.29, 1.82) is 0 Å². The Bertz CT molecular complexity index is 432. The van der Waals surface area contributed by atoms with Crippen LogP contribution in [-0.2, 0) is 0 Å². The fraction of sp³-hybridized carbons (Fsp3) is 1.00. The minimum absolute atomic E-state index is 0.000524. The zero-order valence-corrected chi connectivity index (χ0v) is 15.0. The molecule has 0 heterocycles. The van der Waals surface area contributed by atoms with Crippen LogP contribution in [0.3, 0.4) is 0 Å². The smallest absolute Gasteiger partial charge is 0.0543 e. The summed E-state index contributed by atoms with van der Waals surface area (Å²) in [6.45, 7) is 7.68. The lowest BCUT2D eigenvalue weighted by Crippen LogP contribution is -2.53. The molecule has 0 aromatic heterocycles. The first kappa shape index (κ1) is 15.5. The largest absolute Gasteiger partial charge is 0.393 e. The molecule has 0 aromatic rings. The molecule has 0 bridgehead atoms. The zero-order chi connectivity index (χ0) is 15.5. The standard InChI is InChI=1S/C21H36O/c1-4-14-6-8-18-17-7-5-15-13-16(22)9-11-21(15,3)19(17)10-12-20(14,18)2/h14-19,22H,4-13H2,1-3H3/t14-,15+,16-,17+,18-,19+,20-,21+/m1/s1. The Morgan fingerprint density at radius 3 is 2.36 bits per heavy atom. The Morgan fingerprint density at radius 2 is 1.59 bits per heavy atom. The SMILES string of the molecule is CC[C@@H]1CC[C@@H]2[C@@H]3CC[C@H]4C[C@H](O)CC[C@]4(C)[C@H]3CC[C@]12C. The van der Waals surface area contributed by atoms with Crippen LogP contribution in [0, 0.1) is 40.4 Å². The van der Waals surface area contributed by atoms with Gasteiger partial charge in [0.2, 0.25) is 0 Å². The Balaban J connectivity index is 1.61. The molecule has 0 aliphatic heterocycles. The molecular formula is C21H36O. The summed E-state index contributed by atoms with van der Waals surface area (Å²) >= 11 is 0. The highest BCUT2D eigenvalue weighted by atomic mass is 16.3. The Morgan fingerprint density at radius 1 is 0.864 bits per heavy atom. The molecule has 0 unspecified atom stereocenters. The van der Waals surface area contributed by atoms with Gasteiger partial charge in [-0.15, -0.1) is 0 Å². The molecule has 126 valence electrons. The third kappa shape index (κ3) is 2.00. The van der Waals surface area contributed by atoms with E-state index in [0.717, 1.165) is 42.4 Å². The van der Waals surface area contributed by atoms with Gasteiger partial charge < -0.3 is 5.11 Å². The molecule has 1 nitrogen and oxygen atoms in total. The van der Waals surface area contributed by atoms with Crippen LogP contribution in [0.4, 0.5) is 0 Å². The molecule has 8 atom stereocenters. The first-order chi connectivity index (χ1) is 10.5. The molecule has 0 amide bonds. The van der Waals surface area contributed by atoms with Gasteiger partial charge in [-0.05, 0) is 98.2 Å². The van der Waals surface area contributed by atoms with Crippen molar-refractivity contribution in [2.75, 3.05) is 0 Å². The van der Waals surface area contributed by atoms with E-state index in [0.29, 0.717) is 10.8 Å². The number of fused-ring (bicyclic) bond motifs is 5. The molecular weight excluding hydrogens is 268 g/mol. The van der Waals surface area contributed by atoms with Crippen LogP contribution < -0.4 is 0 Å². The molecule has 0 radical (unpaired) electrons. The van der Waals surface area contributed by atoms with Gasteiger partial charge in [0.1, 0.15) is 0 Å². The average Bonchev–Trinajstić information content (AvgIpc) is 2.84. The summed E-state index contributed by atoms with van der Waals surface area (Å²) in [5.41, 5.74) is 1.21. The summed E-state index contributed by atoms with van der Waals surface area (Å²) in [5.74, 6) is 4.79. The third-order valence-electron chi connectivity index (χ3n) is 9.33. The highest BCUT2D eigenvalue weighted by Crippen LogP contribution is 2.67. The van der Waals surface area contributed by atoms with Crippen molar-refractivity contribution in [3.8, 4) is 0 Å². The van der Waals surface area contributed by atoms with Crippen LogP contribution in [-0.4, -0.2) is 11.2 Å². The molecule has 4 aliphatic rings. The average molecular weight is 305 g/mol. The van der Waals surface area contributed by atoms with Gasteiger partial charge in [0.25, 0.3) is 0 Å². The molecule has 4 rings (SSSR count). The quantitative estimate of drug-likeness (QED) is 0.686. The van der Waals surface area contributed by atoms with E-state index in [9.17, 15) is 5.11 Å². The number of hydrogen-bond donors (Lipinski definition) is 1. The fourth-order valence-corrected chi connectivity index (χ4v) is 8.01. The van der Waals surface area contributed by atoms with Crippen LogP contribution in [0.15, 0.2) is 0 Å². The molecule has 4 fully saturated rings. The van der Waals surface area contributed by atoms with E-state index in [2.05, 4.69) is 20.8 Å². The van der Waals surface area contributed by atoms with Crippen molar-refractivity contribution in [1.82, 2.24) is 0 Å². The predicted molar refractivity (Wildman–Crippen MR) is 91.5 cm³/mol. The number of aliphatic hydroxyl groups excluding tert-OH is 1. The Hall–Kier alpha value is -0.0400. The van der Waals surface area contributed by atoms with E-state index >= 15 is 0 Å². The second-order valence-electron chi connectivity index (χ2n) is 9.81. The van der Waals surface area contributed by atoms with Crippen molar-refractivity contribution in [3.63, 3.8) is 0 Å². The summed E-state index contributed by atoms with van der Waals surface area (Å²) in [4.78, 5) is 0. The topological polar surface area (TPSA) is 20.2 Å². The first-order valence-corrected chi connectivity index (χ1v) is 10.2. The van der Waals surface area contributed by atoms with Gasteiger partial charge in [0.15, 0.2) is 0 Å². The lowest BCUT2D eigenvalue weighted by Gasteiger charge is -2.61. The van der Waals surface area contributed by atoms with E-state index in [-0.39, 0.29) is 6.10 Å². The normalized spacial score (nSPS) is 57.8. The van der Waals surface area contributed by atoms with Gasteiger partial charge in [0, 0.05) is 0 Å². The highest BCUT2D eigenvalue weighted by Gasteiger charge is 2.59. The summed E-state index contributed by atoms with van der Waals surface area (Å²) in [7, 11) is 0. The molecule has 4 saturated carbocycles. The van der Waals surface area contributed by atoms with Crippen molar-refractivity contribution < 1.29 is 5.11 Å². The van der Waals surface area contributed by atoms with Gasteiger partial charge in [-0.1, -0.05) is 27.2 Å². The van der Waals surface area contributed by atoms with E-state index < -0.39 is 0 Å². The highest BCUT2D eigenvalue weighted by molar-refractivity contribution is 5.08. The molecule has 1 N–H and O–H groups in total. The van der Waals surface area contributed by atoms with Gasteiger partial charge in [-0.25, -0.2) is 0 Å². The second kappa shape index (κ2) is 5.23. The molecule has 4 aliphatic carbocycles. The van der Waals surface area contributed by atoms with Gasteiger partial charge >= 0.3 is 0 Å². The lowest BCUT2D eigenvalue weighted by molar-refractivity contribution is -0.126. The van der Waals surface area contributed by atoms with E-state index in [4.69, 9.17) is 0 Å². The van der Waals surface area contributed by atoms with E-state index in [1.165, 1.54) is 51.4 Å². The van der Waals surface area contributed by atoms with E-state index in [1.54, 1.807) is 0 Å². The van der Waals surface area contributed by atoms with Crippen LogP contribution in [0.2, 0.25) is 0 Å². The maximum Gasteiger partial charge on any atom is 0.0543 e. The van der Waals surface area contributed by atoms with Crippen LogP contribution in [0.25, 0.3) is 0 Å². The molecule has 0 saturated heterocycles. The summed E-state index contributed by atoms with van der Waals surface area (Å²) in [5, 5.41) is 10.1. The molecule has 1 heteroatoms. The van der Waals surface area contributed by atoms with Crippen molar-refractivity contribution in [2.45, 2.75) is 91.1 Å². The van der Waals surface area contributed by atoms with E-state index in [1.807, 2.05) is 0 Å². The van der Waals surface area contributed by atoms with Crippen molar-refractivity contribution in [3.05, 3.63) is 0 Å². The fourth-order valence-electron chi connectivity index (χ4n) is 8.01. The van der Waals surface area contributed by atoms with Crippen molar-refractivity contribution >= 4 is 0 Å². The molecule has 22 heavy (non-hydrogen) atoms. The maximum absolute atomic E-state index is 10.1. The zero-order valence-electron chi connectivity index (χ0n) is 15.0.